The third-order valence-corrected chi connectivity index (χ3v) is 4.47. The molecule has 2 fully saturated rings. The largest absolute Gasteiger partial charge is 0.342 e. The fraction of sp³-hybridized carbons (Fsp3) is 0.533. The van der Waals surface area contributed by atoms with Gasteiger partial charge in [0, 0.05) is 19.5 Å². The lowest BCUT2D eigenvalue weighted by Crippen LogP contribution is -2.32. The van der Waals surface area contributed by atoms with Gasteiger partial charge in [-0.05, 0) is 36.3 Å². The van der Waals surface area contributed by atoms with E-state index in [-0.39, 0.29) is 0 Å². The average Bonchev–Trinajstić information content (AvgIpc) is 2.88. The van der Waals surface area contributed by atoms with Crippen LogP contribution >= 0.6 is 0 Å². The number of nitrogens with two attached hydrogens (primary N) is 1. The van der Waals surface area contributed by atoms with E-state index in [4.69, 9.17) is 5.73 Å². The predicted molar refractivity (Wildman–Crippen MR) is 70.9 cm³/mol. The SMILES string of the molecule is NCC1[C@H]2CN(C(=O)CCc3ccccc3)C[C@@H]12. The van der Waals surface area contributed by atoms with Gasteiger partial charge >= 0.3 is 0 Å². The number of carbonyl (C=O) groups excluding carboxylic acids is 1. The maximum Gasteiger partial charge on any atom is 0.222 e. The van der Waals surface area contributed by atoms with Crippen LogP contribution in [0.2, 0.25) is 0 Å². The van der Waals surface area contributed by atoms with Crippen molar-refractivity contribution >= 4 is 5.91 Å². The smallest absolute Gasteiger partial charge is 0.222 e. The van der Waals surface area contributed by atoms with E-state index in [9.17, 15) is 4.79 Å². The van der Waals surface area contributed by atoms with Crippen molar-refractivity contribution in [3.05, 3.63) is 35.9 Å². The standard InChI is InChI=1S/C15H20N2O/c16-8-12-13-9-17(10-14(12)13)15(18)7-6-11-4-2-1-3-5-11/h1-5,12-14H,6-10,16H2/t12?,13-,14+. The van der Waals surface area contributed by atoms with Crippen molar-refractivity contribution < 1.29 is 4.79 Å². The number of benzene rings is 1. The van der Waals surface area contributed by atoms with Crippen LogP contribution in [0.3, 0.4) is 0 Å². The Morgan fingerprint density at radius 3 is 2.50 bits per heavy atom. The summed E-state index contributed by atoms with van der Waals surface area (Å²) in [6.45, 7) is 2.68. The van der Waals surface area contributed by atoms with Crippen LogP contribution in [0, 0.1) is 17.8 Å². The number of hydrogen-bond donors (Lipinski definition) is 1. The molecule has 3 nitrogen and oxygen atoms in total. The number of amides is 1. The summed E-state index contributed by atoms with van der Waals surface area (Å²) in [5.41, 5.74) is 6.92. The topological polar surface area (TPSA) is 46.3 Å². The molecule has 1 aliphatic heterocycles. The van der Waals surface area contributed by atoms with E-state index in [2.05, 4.69) is 12.1 Å². The highest BCUT2D eigenvalue weighted by atomic mass is 16.2. The van der Waals surface area contributed by atoms with Crippen LogP contribution in [0.25, 0.3) is 0 Å². The lowest BCUT2D eigenvalue weighted by Gasteiger charge is -2.19. The van der Waals surface area contributed by atoms with Gasteiger partial charge in [-0.2, -0.15) is 0 Å². The second kappa shape index (κ2) is 4.73. The zero-order valence-corrected chi connectivity index (χ0v) is 10.6. The Morgan fingerprint density at radius 2 is 1.89 bits per heavy atom. The Morgan fingerprint density at radius 1 is 1.22 bits per heavy atom. The van der Waals surface area contributed by atoms with E-state index in [1.807, 2.05) is 23.1 Å². The Balaban J connectivity index is 1.46. The molecule has 1 saturated heterocycles. The number of hydrogen-bond acceptors (Lipinski definition) is 2. The van der Waals surface area contributed by atoms with Crippen molar-refractivity contribution in [1.82, 2.24) is 4.90 Å². The van der Waals surface area contributed by atoms with E-state index < -0.39 is 0 Å². The summed E-state index contributed by atoms with van der Waals surface area (Å²) in [4.78, 5) is 14.1. The number of likely N-dealkylation sites (tertiary alicyclic amines) is 1. The molecule has 1 heterocycles. The molecule has 0 aromatic heterocycles. The molecule has 1 unspecified atom stereocenters. The Bertz CT molecular complexity index is 419. The van der Waals surface area contributed by atoms with Crippen molar-refractivity contribution in [3.8, 4) is 0 Å². The van der Waals surface area contributed by atoms with Crippen LogP contribution in [0.4, 0.5) is 0 Å². The Hall–Kier alpha value is -1.35. The van der Waals surface area contributed by atoms with Crippen LogP contribution in [-0.2, 0) is 11.2 Å². The molecule has 3 heteroatoms. The van der Waals surface area contributed by atoms with E-state index in [0.717, 1.165) is 26.1 Å². The second-order valence-electron chi connectivity index (χ2n) is 5.51. The number of nitrogens with zero attached hydrogens (tertiary/aromatic N) is 1. The summed E-state index contributed by atoms with van der Waals surface area (Å²) in [5.74, 6) is 2.41. The molecule has 3 rings (SSSR count). The first-order valence-corrected chi connectivity index (χ1v) is 6.81. The summed E-state index contributed by atoms with van der Waals surface area (Å²) < 4.78 is 0. The first-order chi connectivity index (χ1) is 8.79. The molecule has 0 radical (unpaired) electrons. The minimum atomic E-state index is 0.307. The predicted octanol–water partition coefficient (Wildman–Crippen LogP) is 1.28. The second-order valence-corrected chi connectivity index (χ2v) is 5.51. The Labute approximate surface area is 108 Å². The number of piperidine rings is 1. The normalized spacial score (nSPS) is 29.2. The van der Waals surface area contributed by atoms with Crippen LogP contribution in [0.15, 0.2) is 30.3 Å². The van der Waals surface area contributed by atoms with Gasteiger partial charge in [-0.1, -0.05) is 30.3 Å². The average molecular weight is 244 g/mol. The van der Waals surface area contributed by atoms with Gasteiger partial charge in [-0.15, -0.1) is 0 Å². The van der Waals surface area contributed by atoms with Gasteiger partial charge in [0.15, 0.2) is 0 Å². The zero-order valence-electron chi connectivity index (χ0n) is 10.6. The van der Waals surface area contributed by atoms with E-state index in [1.54, 1.807) is 0 Å². The molecule has 2 aliphatic rings. The fourth-order valence-corrected chi connectivity index (χ4v) is 3.26. The van der Waals surface area contributed by atoms with Crippen LogP contribution in [0.5, 0.6) is 0 Å². The third-order valence-electron chi connectivity index (χ3n) is 4.47. The maximum absolute atomic E-state index is 12.1. The van der Waals surface area contributed by atoms with Gasteiger partial charge in [0.1, 0.15) is 0 Å². The van der Waals surface area contributed by atoms with Gasteiger partial charge in [0.05, 0.1) is 0 Å². The molecule has 2 N–H and O–H groups in total. The monoisotopic (exact) mass is 244 g/mol. The van der Waals surface area contributed by atoms with Crippen molar-refractivity contribution in [2.75, 3.05) is 19.6 Å². The number of rotatable bonds is 4. The molecule has 1 aliphatic carbocycles. The summed E-state index contributed by atoms with van der Waals surface area (Å²) in [7, 11) is 0. The molecule has 18 heavy (non-hydrogen) atoms. The highest BCUT2D eigenvalue weighted by Gasteiger charge is 2.55. The molecule has 1 aromatic rings. The van der Waals surface area contributed by atoms with E-state index >= 15 is 0 Å². The fourth-order valence-electron chi connectivity index (χ4n) is 3.26. The summed E-state index contributed by atoms with van der Waals surface area (Å²) in [5, 5.41) is 0. The summed E-state index contributed by atoms with van der Waals surface area (Å²) >= 11 is 0. The minimum Gasteiger partial charge on any atom is -0.342 e. The first-order valence-electron chi connectivity index (χ1n) is 6.81. The molecule has 3 atom stereocenters. The molecule has 1 saturated carbocycles. The van der Waals surface area contributed by atoms with Gasteiger partial charge in [0.25, 0.3) is 0 Å². The molecule has 0 spiro atoms. The number of fused-ring (bicyclic) bond motifs is 1. The zero-order chi connectivity index (χ0) is 12.5. The molecular weight excluding hydrogens is 224 g/mol. The van der Waals surface area contributed by atoms with Gasteiger partial charge < -0.3 is 10.6 Å². The first kappa shape index (κ1) is 11.7. The van der Waals surface area contributed by atoms with Crippen molar-refractivity contribution in [3.63, 3.8) is 0 Å². The Kier molecular flexibility index (Phi) is 3.08. The van der Waals surface area contributed by atoms with Crippen LogP contribution in [0.1, 0.15) is 12.0 Å². The molecule has 1 aromatic carbocycles. The van der Waals surface area contributed by atoms with E-state index in [0.29, 0.717) is 30.1 Å². The molecule has 96 valence electrons. The molecular formula is C15H20N2O. The van der Waals surface area contributed by atoms with Crippen molar-refractivity contribution in [2.45, 2.75) is 12.8 Å². The van der Waals surface area contributed by atoms with Crippen LogP contribution < -0.4 is 5.73 Å². The molecule has 1 amide bonds. The van der Waals surface area contributed by atoms with Crippen molar-refractivity contribution in [1.29, 1.82) is 0 Å². The molecule has 0 bridgehead atoms. The van der Waals surface area contributed by atoms with Crippen LogP contribution in [-0.4, -0.2) is 30.4 Å². The van der Waals surface area contributed by atoms with Crippen molar-refractivity contribution in [2.24, 2.45) is 23.5 Å². The lowest BCUT2D eigenvalue weighted by atomic mass is 10.1. The highest BCUT2D eigenvalue weighted by molar-refractivity contribution is 5.77. The number of carbonyl (C=O) groups is 1. The highest BCUT2D eigenvalue weighted by Crippen LogP contribution is 2.50. The third kappa shape index (κ3) is 2.15. The quantitative estimate of drug-likeness (QED) is 0.867. The minimum absolute atomic E-state index is 0.307. The van der Waals surface area contributed by atoms with Gasteiger partial charge in [-0.3, -0.25) is 4.79 Å². The lowest BCUT2D eigenvalue weighted by molar-refractivity contribution is -0.130. The summed E-state index contributed by atoms with van der Waals surface area (Å²) in [6, 6.07) is 10.2. The van der Waals surface area contributed by atoms with Gasteiger partial charge in [0.2, 0.25) is 5.91 Å². The maximum atomic E-state index is 12.1. The number of aryl methyl sites for hydroxylation is 1. The van der Waals surface area contributed by atoms with E-state index in [1.165, 1.54) is 5.56 Å². The van der Waals surface area contributed by atoms with Gasteiger partial charge in [-0.25, -0.2) is 0 Å². The summed E-state index contributed by atoms with van der Waals surface area (Å²) in [6.07, 6.45) is 1.49.